The minimum atomic E-state index is -1.30. The van der Waals surface area contributed by atoms with E-state index in [4.69, 9.17) is 4.74 Å². The van der Waals surface area contributed by atoms with Crippen LogP contribution in [0.5, 0.6) is 5.75 Å². The summed E-state index contributed by atoms with van der Waals surface area (Å²) in [6.07, 6.45) is -1.26. The summed E-state index contributed by atoms with van der Waals surface area (Å²) in [6, 6.07) is 6.48. The Labute approximate surface area is 120 Å². The molecule has 0 saturated heterocycles. The summed E-state index contributed by atoms with van der Waals surface area (Å²) in [5, 5.41) is 10.1. The molecule has 0 aliphatic carbocycles. The third-order valence-corrected chi connectivity index (χ3v) is 3.25. The molecule has 2 aromatic carbocycles. The highest BCUT2D eigenvalue weighted by molar-refractivity contribution is 5.38. The number of aryl methyl sites for hydroxylation is 1. The third-order valence-electron chi connectivity index (χ3n) is 3.25. The summed E-state index contributed by atoms with van der Waals surface area (Å²) in [5.74, 6) is -2.91. The first-order valence-corrected chi connectivity index (χ1v) is 6.38. The minimum Gasteiger partial charge on any atom is -0.496 e. The molecule has 0 radical (unpaired) electrons. The lowest BCUT2D eigenvalue weighted by Gasteiger charge is -2.15. The first-order valence-electron chi connectivity index (χ1n) is 6.38. The SMILES string of the molecule is COc1ccc(C)cc1CC(O)c1cc(F)c(F)cc1F. The van der Waals surface area contributed by atoms with Crippen molar-refractivity contribution >= 4 is 0 Å². The number of rotatable bonds is 4. The molecule has 0 saturated carbocycles. The number of benzene rings is 2. The molecule has 2 aromatic rings. The molecule has 1 N–H and O–H groups in total. The molecule has 5 heteroatoms. The lowest BCUT2D eigenvalue weighted by atomic mass is 9.99. The Morgan fingerprint density at radius 3 is 2.38 bits per heavy atom. The van der Waals surface area contributed by atoms with E-state index in [-0.39, 0.29) is 12.0 Å². The van der Waals surface area contributed by atoms with Crippen LogP contribution in [0.2, 0.25) is 0 Å². The smallest absolute Gasteiger partial charge is 0.161 e. The molecular formula is C16H15F3O2. The fourth-order valence-corrected chi connectivity index (χ4v) is 2.18. The van der Waals surface area contributed by atoms with E-state index in [1.54, 1.807) is 12.1 Å². The first kappa shape index (κ1) is 15.4. The van der Waals surface area contributed by atoms with E-state index in [1.807, 2.05) is 13.0 Å². The Bertz CT molecular complexity index is 656. The van der Waals surface area contributed by atoms with Crippen molar-refractivity contribution in [3.8, 4) is 5.75 Å². The number of aliphatic hydroxyl groups excluding tert-OH is 1. The number of hydrogen-bond acceptors (Lipinski definition) is 2. The number of halogens is 3. The maximum atomic E-state index is 13.6. The molecule has 112 valence electrons. The highest BCUT2D eigenvalue weighted by atomic mass is 19.2. The lowest BCUT2D eigenvalue weighted by molar-refractivity contribution is 0.171. The molecule has 0 aliphatic rings. The minimum absolute atomic E-state index is 0.0346. The molecule has 0 bridgehead atoms. The monoisotopic (exact) mass is 296 g/mol. The fourth-order valence-electron chi connectivity index (χ4n) is 2.18. The van der Waals surface area contributed by atoms with Crippen molar-refractivity contribution in [1.29, 1.82) is 0 Å². The van der Waals surface area contributed by atoms with Crippen LogP contribution in [-0.2, 0) is 6.42 Å². The van der Waals surface area contributed by atoms with Gasteiger partial charge in [0.25, 0.3) is 0 Å². The van der Waals surface area contributed by atoms with Crippen molar-refractivity contribution in [1.82, 2.24) is 0 Å². The van der Waals surface area contributed by atoms with E-state index in [2.05, 4.69) is 0 Å². The highest BCUT2D eigenvalue weighted by Gasteiger charge is 2.19. The van der Waals surface area contributed by atoms with E-state index in [0.717, 1.165) is 5.56 Å². The van der Waals surface area contributed by atoms with Crippen LogP contribution in [0.4, 0.5) is 13.2 Å². The molecule has 0 spiro atoms. The highest BCUT2D eigenvalue weighted by Crippen LogP contribution is 2.28. The maximum Gasteiger partial charge on any atom is 0.161 e. The van der Waals surface area contributed by atoms with Gasteiger partial charge < -0.3 is 9.84 Å². The summed E-state index contributed by atoms with van der Waals surface area (Å²) in [4.78, 5) is 0. The van der Waals surface area contributed by atoms with Gasteiger partial charge in [0, 0.05) is 18.1 Å². The Morgan fingerprint density at radius 2 is 1.71 bits per heavy atom. The van der Waals surface area contributed by atoms with Gasteiger partial charge in [-0.2, -0.15) is 0 Å². The molecule has 2 rings (SSSR count). The third kappa shape index (κ3) is 3.36. The Balaban J connectivity index is 2.32. The molecule has 1 atom stereocenters. The zero-order valence-corrected chi connectivity index (χ0v) is 11.7. The van der Waals surface area contributed by atoms with Crippen molar-refractivity contribution in [2.24, 2.45) is 0 Å². The number of ether oxygens (including phenoxy) is 1. The van der Waals surface area contributed by atoms with Gasteiger partial charge in [0.2, 0.25) is 0 Å². The summed E-state index contributed by atoms with van der Waals surface area (Å²) in [5.41, 5.74) is 1.33. The van der Waals surface area contributed by atoms with Gasteiger partial charge in [-0.1, -0.05) is 17.7 Å². The topological polar surface area (TPSA) is 29.5 Å². The zero-order chi connectivity index (χ0) is 15.6. The summed E-state index contributed by atoms with van der Waals surface area (Å²) in [7, 11) is 1.48. The van der Waals surface area contributed by atoms with E-state index in [1.165, 1.54) is 7.11 Å². The van der Waals surface area contributed by atoms with Gasteiger partial charge in [-0.15, -0.1) is 0 Å². The van der Waals surface area contributed by atoms with Gasteiger partial charge in [-0.3, -0.25) is 0 Å². The molecular weight excluding hydrogens is 281 g/mol. The van der Waals surface area contributed by atoms with Crippen LogP contribution >= 0.6 is 0 Å². The van der Waals surface area contributed by atoms with Crippen molar-refractivity contribution < 1.29 is 23.0 Å². The van der Waals surface area contributed by atoms with Crippen LogP contribution in [0.25, 0.3) is 0 Å². The van der Waals surface area contributed by atoms with E-state index >= 15 is 0 Å². The van der Waals surface area contributed by atoms with Crippen LogP contribution < -0.4 is 4.74 Å². The van der Waals surface area contributed by atoms with Gasteiger partial charge in [-0.25, -0.2) is 13.2 Å². The normalized spacial score (nSPS) is 12.3. The average molecular weight is 296 g/mol. The molecule has 0 aromatic heterocycles. The first-order chi connectivity index (χ1) is 9.92. The van der Waals surface area contributed by atoms with E-state index in [9.17, 15) is 18.3 Å². The summed E-state index contributed by atoms with van der Waals surface area (Å²) < 4.78 is 44.9. The van der Waals surface area contributed by atoms with Gasteiger partial charge in [0.1, 0.15) is 11.6 Å². The predicted molar refractivity (Wildman–Crippen MR) is 72.7 cm³/mol. The van der Waals surface area contributed by atoms with Gasteiger partial charge in [0.05, 0.1) is 13.2 Å². The quantitative estimate of drug-likeness (QED) is 0.872. The van der Waals surface area contributed by atoms with E-state index < -0.39 is 23.6 Å². The molecule has 0 aliphatic heterocycles. The predicted octanol–water partition coefficient (Wildman–Crippen LogP) is 3.70. The summed E-state index contributed by atoms with van der Waals surface area (Å²) in [6.45, 7) is 1.87. The van der Waals surface area contributed by atoms with Crippen LogP contribution in [-0.4, -0.2) is 12.2 Å². The van der Waals surface area contributed by atoms with Gasteiger partial charge in [-0.05, 0) is 24.6 Å². The Hall–Kier alpha value is -2.01. The Kier molecular flexibility index (Phi) is 4.53. The Morgan fingerprint density at radius 1 is 1.05 bits per heavy atom. The molecule has 2 nitrogen and oxygen atoms in total. The van der Waals surface area contributed by atoms with Crippen molar-refractivity contribution in [3.05, 3.63) is 64.5 Å². The molecule has 21 heavy (non-hydrogen) atoms. The largest absolute Gasteiger partial charge is 0.496 e. The standard InChI is InChI=1S/C16H15F3O2/c1-9-3-4-16(21-2)10(5-9)6-15(20)11-7-13(18)14(19)8-12(11)17/h3-5,7-8,15,20H,6H2,1-2H3. The maximum absolute atomic E-state index is 13.6. The van der Waals surface area contributed by atoms with Crippen molar-refractivity contribution in [2.75, 3.05) is 7.11 Å². The molecule has 1 unspecified atom stereocenters. The average Bonchev–Trinajstić information content (AvgIpc) is 2.43. The van der Waals surface area contributed by atoms with Crippen LogP contribution in [0.1, 0.15) is 22.8 Å². The van der Waals surface area contributed by atoms with Crippen LogP contribution in [0.3, 0.4) is 0 Å². The van der Waals surface area contributed by atoms with Crippen LogP contribution in [0.15, 0.2) is 30.3 Å². The van der Waals surface area contributed by atoms with Crippen LogP contribution in [0, 0.1) is 24.4 Å². The second-order valence-electron chi connectivity index (χ2n) is 4.82. The molecule has 0 heterocycles. The second kappa shape index (κ2) is 6.18. The van der Waals surface area contributed by atoms with Gasteiger partial charge >= 0.3 is 0 Å². The zero-order valence-electron chi connectivity index (χ0n) is 11.7. The number of methoxy groups -OCH3 is 1. The van der Waals surface area contributed by atoms with Gasteiger partial charge in [0.15, 0.2) is 11.6 Å². The van der Waals surface area contributed by atoms with Crippen molar-refractivity contribution in [2.45, 2.75) is 19.4 Å². The molecule has 0 fully saturated rings. The lowest BCUT2D eigenvalue weighted by Crippen LogP contribution is -2.07. The second-order valence-corrected chi connectivity index (χ2v) is 4.82. The van der Waals surface area contributed by atoms with E-state index in [0.29, 0.717) is 23.4 Å². The summed E-state index contributed by atoms with van der Waals surface area (Å²) >= 11 is 0. The fraction of sp³-hybridized carbons (Fsp3) is 0.250. The molecule has 0 amide bonds. The number of aliphatic hydroxyl groups is 1. The number of hydrogen-bond donors (Lipinski definition) is 1. The van der Waals surface area contributed by atoms with Crippen molar-refractivity contribution in [3.63, 3.8) is 0 Å².